The number of para-hydroxylation sites is 1. The first-order chi connectivity index (χ1) is 11.7. The molecule has 6 heteroatoms. The molecule has 0 amide bonds. The van der Waals surface area contributed by atoms with E-state index in [2.05, 4.69) is 63.9 Å². The molecule has 1 aliphatic rings. The molecular formula is C18H30N4S2. The van der Waals surface area contributed by atoms with Crippen LogP contribution in [-0.2, 0) is 0 Å². The number of anilines is 1. The fraction of sp³-hybridized carbons (Fsp3) is 0.611. The minimum absolute atomic E-state index is 0.494. The lowest BCUT2D eigenvalue weighted by Gasteiger charge is -2.39. The van der Waals surface area contributed by atoms with Gasteiger partial charge in [-0.05, 0) is 49.7 Å². The minimum atomic E-state index is 0.494. The Morgan fingerprint density at radius 2 is 1.88 bits per heavy atom. The third-order valence-electron chi connectivity index (χ3n) is 4.43. The summed E-state index contributed by atoms with van der Waals surface area (Å²) in [5, 5.41) is 7.43. The maximum atomic E-state index is 5.35. The Balaban J connectivity index is 1.64. The van der Waals surface area contributed by atoms with Crippen molar-refractivity contribution in [2.45, 2.75) is 19.4 Å². The summed E-state index contributed by atoms with van der Waals surface area (Å²) in [5.74, 6) is 1.18. The van der Waals surface area contributed by atoms with Crippen molar-refractivity contribution in [1.29, 1.82) is 0 Å². The van der Waals surface area contributed by atoms with E-state index in [1.54, 1.807) is 0 Å². The van der Waals surface area contributed by atoms with Crippen molar-refractivity contribution >= 4 is 34.8 Å². The Morgan fingerprint density at radius 3 is 2.54 bits per heavy atom. The molecule has 1 aromatic carbocycles. The van der Waals surface area contributed by atoms with Gasteiger partial charge in [-0.15, -0.1) is 0 Å². The molecule has 1 saturated heterocycles. The molecule has 134 valence electrons. The first-order valence-electron chi connectivity index (χ1n) is 8.75. The lowest BCUT2D eigenvalue weighted by atomic mass is 10.2. The maximum absolute atomic E-state index is 5.35. The standard InChI is InChI=1S/C18H30N4S2/c1-16(15-20-18(23)19-9-6-14-24-2)21-10-12-22(13-11-21)17-7-4-3-5-8-17/h3-5,7-8,16H,6,9-15H2,1-2H3,(H2,19,20,23). The Bertz CT molecular complexity index is 475. The predicted octanol–water partition coefficient (Wildman–Crippen LogP) is 2.41. The molecule has 1 heterocycles. The Hall–Kier alpha value is -0.980. The third-order valence-corrected chi connectivity index (χ3v) is 5.41. The van der Waals surface area contributed by atoms with Crippen LogP contribution in [-0.4, -0.2) is 67.3 Å². The molecule has 24 heavy (non-hydrogen) atoms. The number of piperazine rings is 1. The van der Waals surface area contributed by atoms with Crippen molar-refractivity contribution in [1.82, 2.24) is 15.5 Å². The molecule has 1 unspecified atom stereocenters. The van der Waals surface area contributed by atoms with E-state index in [-0.39, 0.29) is 0 Å². The molecule has 0 bridgehead atoms. The number of hydrogen-bond acceptors (Lipinski definition) is 4. The van der Waals surface area contributed by atoms with Gasteiger partial charge in [0.25, 0.3) is 0 Å². The highest BCUT2D eigenvalue weighted by molar-refractivity contribution is 7.98. The molecule has 2 rings (SSSR count). The summed E-state index contributed by atoms with van der Waals surface area (Å²) in [4.78, 5) is 5.01. The van der Waals surface area contributed by atoms with Gasteiger partial charge in [-0.3, -0.25) is 4.90 Å². The van der Waals surface area contributed by atoms with Gasteiger partial charge in [0.05, 0.1) is 0 Å². The molecule has 0 saturated carbocycles. The number of thioether (sulfide) groups is 1. The molecule has 1 fully saturated rings. The van der Waals surface area contributed by atoms with Crippen LogP contribution in [0.2, 0.25) is 0 Å². The zero-order valence-electron chi connectivity index (χ0n) is 14.8. The van der Waals surface area contributed by atoms with Crippen LogP contribution in [0.25, 0.3) is 0 Å². The Morgan fingerprint density at radius 1 is 1.17 bits per heavy atom. The van der Waals surface area contributed by atoms with Crippen LogP contribution >= 0.6 is 24.0 Å². The quantitative estimate of drug-likeness (QED) is 0.543. The van der Waals surface area contributed by atoms with E-state index in [0.29, 0.717) is 6.04 Å². The molecule has 1 aromatic rings. The van der Waals surface area contributed by atoms with Gasteiger partial charge in [0.2, 0.25) is 0 Å². The van der Waals surface area contributed by atoms with Crippen molar-refractivity contribution in [3.8, 4) is 0 Å². The first kappa shape index (κ1) is 19.3. The monoisotopic (exact) mass is 366 g/mol. The van der Waals surface area contributed by atoms with Gasteiger partial charge in [-0.25, -0.2) is 0 Å². The van der Waals surface area contributed by atoms with Crippen LogP contribution in [0.3, 0.4) is 0 Å². The lowest BCUT2D eigenvalue weighted by Crippen LogP contribution is -2.53. The normalized spacial score (nSPS) is 16.7. The Labute approximate surface area is 156 Å². The summed E-state index contributed by atoms with van der Waals surface area (Å²) in [6.07, 6.45) is 3.29. The Kier molecular flexibility index (Phi) is 8.70. The second kappa shape index (κ2) is 10.8. The molecule has 0 radical (unpaired) electrons. The molecule has 0 aliphatic carbocycles. The number of nitrogens with one attached hydrogen (secondary N) is 2. The highest BCUT2D eigenvalue weighted by Gasteiger charge is 2.21. The summed E-state index contributed by atoms with van der Waals surface area (Å²) < 4.78 is 0. The second-order valence-electron chi connectivity index (χ2n) is 6.19. The van der Waals surface area contributed by atoms with E-state index in [1.165, 1.54) is 11.4 Å². The maximum Gasteiger partial charge on any atom is 0.166 e. The van der Waals surface area contributed by atoms with Gasteiger partial charge in [-0.2, -0.15) is 11.8 Å². The van der Waals surface area contributed by atoms with Gasteiger partial charge < -0.3 is 15.5 Å². The summed E-state index contributed by atoms with van der Waals surface area (Å²) >= 11 is 7.22. The molecule has 0 spiro atoms. The highest BCUT2D eigenvalue weighted by Crippen LogP contribution is 2.16. The molecule has 1 atom stereocenters. The number of hydrogen-bond donors (Lipinski definition) is 2. The largest absolute Gasteiger partial charge is 0.369 e. The van der Waals surface area contributed by atoms with Crippen molar-refractivity contribution in [3.05, 3.63) is 30.3 Å². The van der Waals surface area contributed by atoms with Crippen molar-refractivity contribution < 1.29 is 0 Å². The van der Waals surface area contributed by atoms with Gasteiger partial charge in [0.15, 0.2) is 5.11 Å². The zero-order valence-corrected chi connectivity index (χ0v) is 16.5. The SMILES string of the molecule is CSCCCNC(=S)NCC(C)N1CCN(c2ccccc2)CC1. The van der Waals surface area contributed by atoms with Crippen LogP contribution < -0.4 is 15.5 Å². The summed E-state index contributed by atoms with van der Waals surface area (Å²) in [6, 6.07) is 11.2. The van der Waals surface area contributed by atoms with Gasteiger partial charge in [-0.1, -0.05) is 18.2 Å². The fourth-order valence-corrected chi connectivity index (χ4v) is 3.53. The van der Waals surface area contributed by atoms with Gasteiger partial charge in [0, 0.05) is 51.0 Å². The predicted molar refractivity (Wildman–Crippen MR) is 111 cm³/mol. The van der Waals surface area contributed by atoms with Gasteiger partial charge >= 0.3 is 0 Å². The van der Waals surface area contributed by atoms with Crippen LogP contribution in [0.4, 0.5) is 5.69 Å². The van der Waals surface area contributed by atoms with E-state index in [0.717, 1.165) is 50.8 Å². The van der Waals surface area contributed by atoms with E-state index in [1.807, 2.05) is 11.8 Å². The number of nitrogens with zero attached hydrogens (tertiary/aromatic N) is 2. The number of rotatable bonds is 8. The van der Waals surface area contributed by atoms with E-state index < -0.39 is 0 Å². The van der Waals surface area contributed by atoms with Crippen LogP contribution in [0, 0.1) is 0 Å². The van der Waals surface area contributed by atoms with Crippen LogP contribution in [0.1, 0.15) is 13.3 Å². The van der Waals surface area contributed by atoms with Crippen molar-refractivity contribution in [3.63, 3.8) is 0 Å². The first-order valence-corrected chi connectivity index (χ1v) is 10.6. The van der Waals surface area contributed by atoms with Crippen LogP contribution in [0.15, 0.2) is 30.3 Å². The van der Waals surface area contributed by atoms with E-state index >= 15 is 0 Å². The topological polar surface area (TPSA) is 30.5 Å². The van der Waals surface area contributed by atoms with E-state index in [4.69, 9.17) is 12.2 Å². The summed E-state index contributed by atoms with van der Waals surface area (Å²) in [6.45, 7) is 8.52. The van der Waals surface area contributed by atoms with Crippen molar-refractivity contribution in [2.75, 3.05) is 56.2 Å². The van der Waals surface area contributed by atoms with Crippen molar-refractivity contribution in [2.24, 2.45) is 0 Å². The lowest BCUT2D eigenvalue weighted by molar-refractivity contribution is 0.197. The summed E-state index contributed by atoms with van der Waals surface area (Å²) in [7, 11) is 0. The smallest absolute Gasteiger partial charge is 0.166 e. The second-order valence-corrected chi connectivity index (χ2v) is 7.58. The fourth-order valence-electron chi connectivity index (χ4n) is 2.91. The number of benzene rings is 1. The molecule has 2 N–H and O–H groups in total. The van der Waals surface area contributed by atoms with E-state index in [9.17, 15) is 0 Å². The molecule has 0 aromatic heterocycles. The number of thiocarbonyl (C=S) groups is 1. The average Bonchev–Trinajstić information content (AvgIpc) is 2.64. The molecule has 1 aliphatic heterocycles. The zero-order chi connectivity index (χ0) is 17.2. The molecular weight excluding hydrogens is 336 g/mol. The summed E-state index contributed by atoms with van der Waals surface area (Å²) in [5.41, 5.74) is 1.33. The van der Waals surface area contributed by atoms with Gasteiger partial charge in [0.1, 0.15) is 0 Å². The van der Waals surface area contributed by atoms with Crippen LogP contribution in [0.5, 0.6) is 0 Å². The average molecular weight is 367 g/mol. The third kappa shape index (κ3) is 6.49. The molecule has 4 nitrogen and oxygen atoms in total. The minimum Gasteiger partial charge on any atom is -0.369 e. The highest BCUT2D eigenvalue weighted by atomic mass is 32.2.